The van der Waals surface area contributed by atoms with E-state index in [1.54, 1.807) is 0 Å². The molecule has 3 rings (SSSR count). The van der Waals surface area contributed by atoms with Crippen LogP contribution in [0.3, 0.4) is 0 Å². The first-order valence-electron chi connectivity index (χ1n) is 14.5. The number of hydrogen-bond donors (Lipinski definition) is 0. The Kier molecular flexibility index (Phi) is 14.2. The molecule has 3 aliphatic carbocycles. The maximum Gasteiger partial charge on any atom is 0.478 e. The zero-order chi connectivity index (χ0) is 35.3. The minimum absolute atomic E-state index is 0.00389. The summed E-state index contributed by atoms with van der Waals surface area (Å²) in [4.78, 5) is 19.7. The van der Waals surface area contributed by atoms with Crippen molar-refractivity contribution in [2.24, 2.45) is 76.9 Å². The van der Waals surface area contributed by atoms with Gasteiger partial charge in [0.2, 0.25) is 0 Å². The van der Waals surface area contributed by atoms with Gasteiger partial charge in [0.15, 0.2) is 12.1 Å². The molecule has 0 radical (unpaired) electrons. The van der Waals surface area contributed by atoms with Gasteiger partial charge in [0.1, 0.15) is 23.7 Å². The molecule has 11 unspecified atom stereocenters. The summed E-state index contributed by atoms with van der Waals surface area (Å²) in [5.41, 5.74) is 0. The summed E-state index contributed by atoms with van der Waals surface area (Å²) in [5, 5.41) is 52.6. The predicted molar refractivity (Wildman–Crippen MR) is 162 cm³/mol. The zero-order valence-electron chi connectivity index (χ0n) is 26.2. The van der Waals surface area contributed by atoms with Gasteiger partial charge in [0.05, 0.1) is 36.1 Å². The van der Waals surface area contributed by atoms with Crippen LogP contribution < -0.4 is 0 Å². The third kappa shape index (κ3) is 7.32. The summed E-state index contributed by atoms with van der Waals surface area (Å²) < 4.78 is 0. The molecule has 0 bridgehead atoms. The number of rotatable bonds is 6. The van der Waals surface area contributed by atoms with Gasteiger partial charge in [-0.25, -0.2) is 58.8 Å². The fraction of sp³-hybridized carbons (Fsp3) is 0.647. The Morgan fingerprint density at radius 1 is 0.370 bits per heavy atom. The zero-order valence-corrected chi connectivity index (χ0v) is 26.2. The fourth-order valence-corrected chi connectivity index (χ4v) is 7.46. The van der Waals surface area contributed by atoms with Crippen LogP contribution in [0.4, 0.5) is 0 Å². The van der Waals surface area contributed by atoms with Crippen LogP contribution in [0, 0.1) is 184 Å². The Hall–Kier alpha value is -6.12. The van der Waals surface area contributed by atoms with Crippen molar-refractivity contribution in [2.45, 2.75) is 59.0 Å². The minimum Gasteiger partial charge on any atom is -0.297 e. The quantitative estimate of drug-likeness (QED) is 0.327. The fourth-order valence-electron chi connectivity index (χ4n) is 7.46. The summed E-state index contributed by atoms with van der Waals surface area (Å²) in [6.07, 6.45) is -1.38. The second-order valence-electron chi connectivity index (χ2n) is 12.0. The molecule has 3 fully saturated rings. The number of nitrogens with zero attached hydrogens (tertiary/aromatic N) is 12. The molecule has 0 aromatic carbocycles. The molecule has 0 spiro atoms. The van der Waals surface area contributed by atoms with Gasteiger partial charge in [-0.3, -0.25) is 9.69 Å². The van der Waals surface area contributed by atoms with Crippen LogP contribution in [0.15, 0.2) is 0 Å². The normalized spacial score (nSPS) is 32.2. The molecule has 0 aliphatic heterocycles. The standard InChI is InChI=1S/2C12H12N4.C10H8N4/c1-7-10(9(5-13)6-14)8(2)11(7)12(15-3)16-4;1-7-8(2)11(12(15-4)16-5)10(7)9(6-13)14-3;1-6-9(7(3-11)4-12)10(6)8(5-13)14-2/h2*7-12H,1-2H3;6-10H,1H3. The molecule has 0 aromatic rings. The van der Waals surface area contributed by atoms with Gasteiger partial charge in [0.25, 0.3) is 0 Å². The van der Waals surface area contributed by atoms with Gasteiger partial charge in [-0.2, -0.15) is 31.6 Å². The van der Waals surface area contributed by atoms with Crippen molar-refractivity contribution in [3.63, 3.8) is 0 Å². The van der Waals surface area contributed by atoms with Crippen LogP contribution in [0.25, 0.3) is 29.1 Å². The van der Waals surface area contributed by atoms with E-state index in [2.05, 4.69) is 29.1 Å². The molecule has 12 heteroatoms. The van der Waals surface area contributed by atoms with Crippen LogP contribution in [0.1, 0.15) is 34.6 Å². The van der Waals surface area contributed by atoms with E-state index in [-0.39, 0.29) is 65.1 Å². The average Bonchev–Trinajstić information content (AvgIpc) is 3.74. The molecular weight excluding hydrogens is 576 g/mol. The Balaban J connectivity index is 0.000000346. The van der Waals surface area contributed by atoms with Gasteiger partial charge in [0, 0.05) is 5.92 Å². The molecule has 0 saturated heterocycles. The highest BCUT2D eigenvalue weighted by Crippen LogP contribution is 2.54. The Bertz CT molecular complexity index is 1420. The van der Waals surface area contributed by atoms with Crippen molar-refractivity contribution in [1.82, 2.24) is 0 Å². The van der Waals surface area contributed by atoms with E-state index < -0.39 is 36.3 Å². The predicted octanol–water partition coefficient (Wildman–Crippen LogP) is 6.16. The van der Waals surface area contributed by atoms with Crippen LogP contribution in [0.2, 0.25) is 0 Å². The molecule has 0 heterocycles. The second-order valence-corrected chi connectivity index (χ2v) is 12.0. The molecule has 12 nitrogen and oxygen atoms in total. The van der Waals surface area contributed by atoms with E-state index >= 15 is 0 Å². The van der Waals surface area contributed by atoms with Gasteiger partial charge < -0.3 is 0 Å². The van der Waals surface area contributed by atoms with E-state index in [0.717, 1.165) is 0 Å². The lowest BCUT2D eigenvalue weighted by molar-refractivity contribution is -0.0130. The minimum atomic E-state index is -0.728. The van der Waals surface area contributed by atoms with Crippen molar-refractivity contribution in [3.05, 3.63) is 68.5 Å². The SMILES string of the molecule is [C-]#[N+]C(C#N)C1C(C)C(C)C1C([N+]#[C-])[N+]#[C-].[C-]#[N+]C(C#N)C1C(C)C1C(C#N)C#N.[C-]#[N+]C([N+]#[C-])C1C(C)C(C(C#N)C#N)C1C. The van der Waals surface area contributed by atoms with Crippen LogP contribution in [-0.2, 0) is 0 Å². The largest absolute Gasteiger partial charge is 0.478 e. The van der Waals surface area contributed by atoms with E-state index in [9.17, 15) is 0 Å². The molecule has 46 heavy (non-hydrogen) atoms. The van der Waals surface area contributed by atoms with Crippen molar-refractivity contribution >= 4 is 0 Å². The maximum atomic E-state index is 8.89. The summed E-state index contributed by atoms with van der Waals surface area (Å²) in [5.74, 6) is -0.871. The Morgan fingerprint density at radius 2 is 0.674 bits per heavy atom. The highest BCUT2D eigenvalue weighted by atomic mass is 15.0. The number of hydrogen-bond acceptors (Lipinski definition) is 6. The van der Waals surface area contributed by atoms with Crippen molar-refractivity contribution in [1.29, 1.82) is 31.6 Å². The van der Waals surface area contributed by atoms with E-state index in [1.807, 2.05) is 71.0 Å². The smallest absolute Gasteiger partial charge is 0.297 e. The van der Waals surface area contributed by atoms with Crippen molar-refractivity contribution in [3.8, 4) is 36.4 Å². The molecule has 11 atom stereocenters. The van der Waals surface area contributed by atoms with Gasteiger partial charge >= 0.3 is 24.4 Å². The topological polar surface area (TPSA) is 169 Å². The molecular formula is C34H32N12. The third-order valence-corrected chi connectivity index (χ3v) is 10.2. The Labute approximate surface area is 272 Å². The maximum absolute atomic E-state index is 8.89. The van der Waals surface area contributed by atoms with E-state index in [4.69, 9.17) is 71.0 Å². The first-order valence-corrected chi connectivity index (χ1v) is 14.5. The summed E-state index contributed by atoms with van der Waals surface area (Å²) >= 11 is 0. The van der Waals surface area contributed by atoms with E-state index in [0.29, 0.717) is 0 Å². The van der Waals surface area contributed by atoms with Crippen molar-refractivity contribution in [2.75, 3.05) is 0 Å². The summed E-state index contributed by atoms with van der Waals surface area (Å²) in [6, 6.07) is 10.3. The van der Waals surface area contributed by atoms with Crippen molar-refractivity contribution < 1.29 is 0 Å². The summed E-state index contributed by atoms with van der Waals surface area (Å²) in [6.45, 7) is 51.4. The highest BCUT2D eigenvalue weighted by molar-refractivity contribution is 5.21. The molecule has 228 valence electrons. The van der Waals surface area contributed by atoms with Gasteiger partial charge in [-0.15, -0.1) is 0 Å². The lowest BCUT2D eigenvalue weighted by Crippen LogP contribution is -2.52. The van der Waals surface area contributed by atoms with Crippen LogP contribution >= 0.6 is 0 Å². The first-order chi connectivity index (χ1) is 21.9. The molecule has 3 saturated carbocycles. The average molecular weight is 609 g/mol. The molecule has 3 aliphatic rings. The first kappa shape index (κ1) is 37.9. The third-order valence-electron chi connectivity index (χ3n) is 10.2. The van der Waals surface area contributed by atoms with E-state index in [1.165, 1.54) is 0 Å². The van der Waals surface area contributed by atoms with Crippen LogP contribution in [0.5, 0.6) is 0 Å². The lowest BCUT2D eigenvalue weighted by Gasteiger charge is -2.46. The summed E-state index contributed by atoms with van der Waals surface area (Å²) in [7, 11) is 0. The van der Waals surface area contributed by atoms with Gasteiger partial charge in [-0.05, 0) is 35.5 Å². The molecule has 0 N–H and O–H groups in total. The Morgan fingerprint density at radius 3 is 1.00 bits per heavy atom. The van der Waals surface area contributed by atoms with Gasteiger partial charge in [-0.1, -0.05) is 34.6 Å². The lowest BCUT2D eigenvalue weighted by atomic mass is 9.53. The molecule has 0 aromatic heterocycles. The monoisotopic (exact) mass is 608 g/mol. The van der Waals surface area contributed by atoms with Crippen LogP contribution in [-0.4, -0.2) is 24.4 Å². The second kappa shape index (κ2) is 17.2. The highest BCUT2D eigenvalue weighted by Gasteiger charge is 2.61. The molecule has 0 amide bonds. The number of nitriles is 6.